The molecule has 1 heterocycles. The number of H-pyrrole nitrogens is 1. The van der Waals surface area contributed by atoms with E-state index in [0.717, 1.165) is 11.1 Å². The van der Waals surface area contributed by atoms with Gasteiger partial charge in [-0.3, -0.25) is 4.79 Å². The van der Waals surface area contributed by atoms with Gasteiger partial charge in [0.25, 0.3) is 5.56 Å². The predicted octanol–water partition coefficient (Wildman–Crippen LogP) is 3.83. The van der Waals surface area contributed by atoms with E-state index in [0.29, 0.717) is 29.9 Å². The Morgan fingerprint density at radius 3 is 2.38 bits per heavy atom. The summed E-state index contributed by atoms with van der Waals surface area (Å²) in [5.41, 5.74) is 7.55. The van der Waals surface area contributed by atoms with Gasteiger partial charge in [0, 0.05) is 12.1 Å². The van der Waals surface area contributed by atoms with Gasteiger partial charge in [-0.25, -0.2) is 4.98 Å². The minimum atomic E-state index is -0.415. The van der Waals surface area contributed by atoms with Crippen LogP contribution in [0.1, 0.15) is 33.3 Å². The summed E-state index contributed by atoms with van der Waals surface area (Å²) in [5.74, 6) is 0.561. The van der Waals surface area contributed by atoms with Crippen LogP contribution in [0.15, 0.2) is 53.3 Å². The molecule has 0 spiro atoms. The molecule has 0 amide bonds. The third-order valence-corrected chi connectivity index (χ3v) is 4.05. The minimum absolute atomic E-state index is 0.133. The maximum Gasteiger partial charge on any atom is 0.259 e. The number of aromatic amines is 1. The molecule has 0 fully saturated rings. The average molecular weight is 353 g/mol. The largest absolute Gasteiger partial charge is 0.370 e. The van der Waals surface area contributed by atoms with Crippen LogP contribution in [0.2, 0.25) is 0 Å². The second kappa shape index (κ2) is 8.74. The zero-order valence-corrected chi connectivity index (χ0v) is 15.9. The fourth-order valence-corrected chi connectivity index (χ4v) is 2.65. The molecule has 0 aliphatic rings. The highest BCUT2D eigenvalue weighted by Gasteiger charge is 2.20. The van der Waals surface area contributed by atoms with E-state index in [1.54, 1.807) is 6.07 Å². The van der Waals surface area contributed by atoms with Crippen molar-refractivity contribution in [2.45, 2.75) is 33.3 Å². The molecule has 0 atom stereocenters. The summed E-state index contributed by atoms with van der Waals surface area (Å²) in [5, 5.41) is 0.592. The second-order valence-corrected chi connectivity index (χ2v) is 6.16. The number of benzene rings is 2. The monoisotopic (exact) mass is 353 g/mol. The van der Waals surface area contributed by atoms with Crippen LogP contribution in [0, 0.1) is 0 Å². The van der Waals surface area contributed by atoms with Gasteiger partial charge in [-0.15, -0.1) is 0 Å². The van der Waals surface area contributed by atoms with Gasteiger partial charge in [0.15, 0.2) is 0 Å². The molecule has 26 heavy (non-hydrogen) atoms. The molecule has 3 rings (SSSR count). The van der Waals surface area contributed by atoms with Gasteiger partial charge in [0.1, 0.15) is 5.82 Å². The number of hydrogen-bond acceptors (Lipinski definition) is 4. The van der Waals surface area contributed by atoms with Crippen LogP contribution in [-0.4, -0.2) is 23.1 Å². The van der Waals surface area contributed by atoms with Gasteiger partial charge in [-0.05, 0) is 31.5 Å². The lowest BCUT2D eigenvalue weighted by molar-refractivity contribution is -0.0171. The van der Waals surface area contributed by atoms with Gasteiger partial charge >= 0.3 is 0 Å². The first kappa shape index (κ1) is 19.8. The van der Waals surface area contributed by atoms with Crippen LogP contribution in [0.3, 0.4) is 0 Å². The summed E-state index contributed by atoms with van der Waals surface area (Å²) >= 11 is 0. The Morgan fingerprint density at radius 2 is 1.73 bits per heavy atom. The smallest absolute Gasteiger partial charge is 0.259 e. The highest BCUT2D eigenvalue weighted by molar-refractivity contribution is 5.79. The molecule has 5 heteroatoms. The van der Waals surface area contributed by atoms with Crippen LogP contribution in [0.25, 0.3) is 22.3 Å². The molecule has 0 aliphatic carbocycles. The van der Waals surface area contributed by atoms with E-state index < -0.39 is 5.60 Å². The predicted molar refractivity (Wildman–Crippen MR) is 107 cm³/mol. The lowest BCUT2D eigenvalue weighted by Crippen LogP contribution is -2.25. The molecule has 138 valence electrons. The first-order chi connectivity index (χ1) is 12.5. The van der Waals surface area contributed by atoms with Crippen LogP contribution in [0.5, 0.6) is 0 Å². The van der Waals surface area contributed by atoms with Crippen molar-refractivity contribution >= 4 is 10.9 Å². The van der Waals surface area contributed by atoms with Crippen LogP contribution >= 0.6 is 0 Å². The molecule has 3 aromatic rings. The van der Waals surface area contributed by atoms with Crippen LogP contribution in [-0.2, 0) is 10.3 Å². The number of nitrogens with one attached hydrogen (secondary N) is 1. The van der Waals surface area contributed by atoms with Gasteiger partial charge < -0.3 is 15.5 Å². The molecule has 0 unspecified atom stereocenters. The Kier molecular flexibility index (Phi) is 6.66. The molecule has 5 nitrogen and oxygen atoms in total. The van der Waals surface area contributed by atoms with E-state index in [-0.39, 0.29) is 5.56 Å². The number of rotatable bonds is 5. The number of ether oxygens (including phenoxy) is 1. The summed E-state index contributed by atoms with van der Waals surface area (Å²) in [4.78, 5) is 19.6. The maximum absolute atomic E-state index is 12.2. The molecule has 3 N–H and O–H groups in total. The van der Waals surface area contributed by atoms with E-state index in [4.69, 9.17) is 10.5 Å². The van der Waals surface area contributed by atoms with Crippen LogP contribution < -0.4 is 11.3 Å². The Bertz CT molecular complexity index is 899. The summed E-state index contributed by atoms with van der Waals surface area (Å²) in [7, 11) is 0. The summed E-state index contributed by atoms with van der Waals surface area (Å²) in [6.45, 7) is 9.01. The van der Waals surface area contributed by atoms with Crippen molar-refractivity contribution in [1.82, 2.24) is 9.97 Å². The van der Waals surface area contributed by atoms with Crippen molar-refractivity contribution < 1.29 is 4.74 Å². The lowest BCUT2D eigenvalue weighted by atomic mass is 9.96. The first-order valence-corrected chi connectivity index (χ1v) is 8.95. The van der Waals surface area contributed by atoms with Crippen molar-refractivity contribution in [3.05, 3.63) is 64.4 Å². The normalized spacial score (nSPS) is 11.1. The Hall–Kier alpha value is -2.50. The average Bonchev–Trinajstić information content (AvgIpc) is 2.68. The second-order valence-electron chi connectivity index (χ2n) is 6.16. The van der Waals surface area contributed by atoms with Crippen molar-refractivity contribution in [3.8, 4) is 11.4 Å². The Labute approximate surface area is 154 Å². The van der Waals surface area contributed by atoms with Crippen LogP contribution in [0.4, 0.5) is 0 Å². The van der Waals surface area contributed by atoms with E-state index in [1.165, 1.54) is 0 Å². The zero-order chi connectivity index (χ0) is 19.2. The van der Waals surface area contributed by atoms with Crippen molar-refractivity contribution in [2.24, 2.45) is 5.73 Å². The van der Waals surface area contributed by atoms with E-state index in [9.17, 15) is 4.79 Å². The standard InChI is InChI=1S/C19H21N3O2.C2H6/c1-19(2,24-12-11-20)14-9-7-13(8-10-14)17-21-16-6-4-3-5-15(16)18(23)22-17;1-2/h3-10H,11-12,20H2,1-2H3,(H,21,22,23);1-2H3. The van der Waals surface area contributed by atoms with Crippen molar-refractivity contribution in [3.63, 3.8) is 0 Å². The van der Waals surface area contributed by atoms with Gasteiger partial charge in [0.05, 0.1) is 23.1 Å². The number of aromatic nitrogens is 2. The van der Waals surface area contributed by atoms with E-state index in [2.05, 4.69) is 9.97 Å². The van der Waals surface area contributed by atoms with Gasteiger partial charge in [-0.1, -0.05) is 50.2 Å². The SMILES string of the molecule is CC.CC(C)(OCCN)c1ccc(-c2nc3ccccc3c(=O)[nH]2)cc1. The van der Waals surface area contributed by atoms with Crippen molar-refractivity contribution in [1.29, 1.82) is 0 Å². The topological polar surface area (TPSA) is 81.0 Å². The third-order valence-electron chi connectivity index (χ3n) is 4.05. The molecular weight excluding hydrogens is 326 g/mol. The lowest BCUT2D eigenvalue weighted by Gasteiger charge is -2.25. The fraction of sp³-hybridized carbons (Fsp3) is 0.333. The Balaban J connectivity index is 0.00000117. The quantitative estimate of drug-likeness (QED) is 0.730. The van der Waals surface area contributed by atoms with Gasteiger partial charge in [-0.2, -0.15) is 0 Å². The summed E-state index contributed by atoms with van der Waals surface area (Å²) in [6.07, 6.45) is 0. The molecule has 2 aromatic carbocycles. The first-order valence-electron chi connectivity index (χ1n) is 8.95. The number of nitrogens with zero attached hydrogens (tertiary/aromatic N) is 1. The molecule has 0 radical (unpaired) electrons. The highest BCUT2D eigenvalue weighted by atomic mass is 16.5. The minimum Gasteiger partial charge on any atom is -0.370 e. The molecule has 0 saturated carbocycles. The molecule has 0 bridgehead atoms. The number of nitrogens with two attached hydrogens (primary N) is 1. The fourth-order valence-electron chi connectivity index (χ4n) is 2.65. The third kappa shape index (κ3) is 4.36. The highest BCUT2D eigenvalue weighted by Crippen LogP contribution is 2.26. The Morgan fingerprint density at radius 1 is 1.08 bits per heavy atom. The summed E-state index contributed by atoms with van der Waals surface area (Å²) in [6, 6.07) is 15.2. The number of fused-ring (bicyclic) bond motifs is 1. The zero-order valence-electron chi connectivity index (χ0n) is 15.9. The van der Waals surface area contributed by atoms with Gasteiger partial charge in [0.2, 0.25) is 0 Å². The van der Waals surface area contributed by atoms with E-state index in [1.807, 2.05) is 70.2 Å². The number of para-hydroxylation sites is 1. The molecule has 1 aromatic heterocycles. The molecule has 0 saturated heterocycles. The molecule has 0 aliphatic heterocycles. The molecular formula is C21H27N3O2. The summed E-state index contributed by atoms with van der Waals surface area (Å²) < 4.78 is 5.79. The number of hydrogen-bond donors (Lipinski definition) is 2. The van der Waals surface area contributed by atoms with E-state index >= 15 is 0 Å². The maximum atomic E-state index is 12.2. The van der Waals surface area contributed by atoms with Crippen molar-refractivity contribution in [2.75, 3.05) is 13.2 Å².